The second-order valence-electron chi connectivity index (χ2n) is 6.64. The van der Waals surface area contributed by atoms with Gasteiger partial charge < -0.3 is 4.98 Å². The molecule has 4 rings (SSSR count). The summed E-state index contributed by atoms with van der Waals surface area (Å²) in [6.45, 7) is 0.753. The van der Waals surface area contributed by atoms with E-state index in [2.05, 4.69) is 41.7 Å². The normalized spacial score (nSPS) is 19.1. The van der Waals surface area contributed by atoms with E-state index in [1.54, 1.807) is 0 Å². The molecule has 2 aliphatic carbocycles. The van der Waals surface area contributed by atoms with Crippen molar-refractivity contribution in [1.29, 1.82) is 0 Å². The minimum Gasteiger partial charge on any atom is -0.309 e. The summed E-state index contributed by atoms with van der Waals surface area (Å²) in [5.74, 6) is 0.782. The summed E-state index contributed by atoms with van der Waals surface area (Å²) >= 11 is 6.96. The van der Waals surface area contributed by atoms with E-state index in [0.29, 0.717) is 17.5 Å². The Morgan fingerprint density at radius 2 is 1.83 bits per heavy atom. The van der Waals surface area contributed by atoms with Gasteiger partial charge >= 0.3 is 0 Å². The summed E-state index contributed by atoms with van der Waals surface area (Å²) < 4.78 is 1.73. The van der Waals surface area contributed by atoms with Gasteiger partial charge in [0.25, 0.3) is 5.56 Å². The van der Waals surface area contributed by atoms with Gasteiger partial charge in [0.1, 0.15) is 5.82 Å². The van der Waals surface area contributed by atoms with Gasteiger partial charge in [0.05, 0.1) is 17.4 Å². The van der Waals surface area contributed by atoms with Gasteiger partial charge in [-0.1, -0.05) is 28.8 Å². The van der Waals surface area contributed by atoms with Gasteiger partial charge in [0.15, 0.2) is 0 Å². The van der Waals surface area contributed by atoms with Crippen LogP contribution in [0.1, 0.15) is 44.3 Å². The van der Waals surface area contributed by atoms with Crippen molar-refractivity contribution in [2.75, 3.05) is 0 Å². The first-order chi connectivity index (χ1) is 11.1. The number of halogens is 2. The van der Waals surface area contributed by atoms with E-state index in [-0.39, 0.29) is 5.56 Å². The molecule has 0 unspecified atom stereocenters. The molecule has 23 heavy (non-hydrogen) atoms. The van der Waals surface area contributed by atoms with Crippen LogP contribution in [-0.2, 0) is 6.54 Å². The van der Waals surface area contributed by atoms with Crippen LogP contribution in [0.3, 0.4) is 0 Å². The van der Waals surface area contributed by atoms with Crippen LogP contribution in [0.4, 0.5) is 0 Å². The summed E-state index contributed by atoms with van der Waals surface area (Å²) in [5, 5.41) is 0.619. The van der Waals surface area contributed by atoms with Gasteiger partial charge in [-0.2, -0.15) is 0 Å². The molecule has 1 aromatic heterocycles. The summed E-state index contributed by atoms with van der Waals surface area (Å²) in [6.07, 6.45) is 7.79. The fourth-order valence-corrected chi connectivity index (χ4v) is 4.97. The van der Waals surface area contributed by atoms with Crippen LogP contribution in [0.2, 0.25) is 0 Å². The van der Waals surface area contributed by atoms with Crippen molar-refractivity contribution < 1.29 is 0 Å². The molecule has 2 saturated carbocycles. The van der Waals surface area contributed by atoms with E-state index >= 15 is 0 Å². The van der Waals surface area contributed by atoms with E-state index < -0.39 is 0 Å². The highest BCUT2D eigenvalue weighted by molar-refractivity contribution is 9.11. The smallest absolute Gasteiger partial charge is 0.258 e. The van der Waals surface area contributed by atoms with Crippen LogP contribution < -0.4 is 5.56 Å². The predicted molar refractivity (Wildman–Crippen MR) is 98.6 cm³/mol. The minimum absolute atomic E-state index is 0.0610. The summed E-state index contributed by atoms with van der Waals surface area (Å²) in [4.78, 5) is 22.7. The monoisotopic (exact) mass is 439 g/mol. The van der Waals surface area contributed by atoms with Crippen molar-refractivity contribution in [3.05, 3.63) is 37.3 Å². The summed E-state index contributed by atoms with van der Waals surface area (Å²) in [7, 11) is 0. The Morgan fingerprint density at radius 3 is 2.52 bits per heavy atom. The molecule has 2 aliphatic rings. The standard InChI is InChI=1S/C17H19Br2N3O/c18-10-7-13-16(14(19)8-10)20-15(21-17(13)23)9-22(12-5-6-12)11-3-1-2-4-11/h7-8,11-12H,1-6,9H2,(H,20,21,23). The van der Waals surface area contributed by atoms with Crippen LogP contribution in [0, 0.1) is 0 Å². The Balaban J connectivity index is 1.69. The molecule has 122 valence electrons. The van der Waals surface area contributed by atoms with Crippen LogP contribution in [0.25, 0.3) is 10.9 Å². The Labute approximate surface area is 151 Å². The van der Waals surface area contributed by atoms with Crippen molar-refractivity contribution in [3.8, 4) is 0 Å². The van der Waals surface area contributed by atoms with Crippen molar-refractivity contribution in [3.63, 3.8) is 0 Å². The maximum Gasteiger partial charge on any atom is 0.258 e. The maximum atomic E-state index is 12.4. The first-order valence-corrected chi connectivity index (χ1v) is 9.84. The number of fused-ring (bicyclic) bond motifs is 1. The molecule has 1 N–H and O–H groups in total. The quantitative estimate of drug-likeness (QED) is 0.768. The Hall–Kier alpha value is -0.720. The zero-order valence-corrected chi connectivity index (χ0v) is 16.0. The van der Waals surface area contributed by atoms with Gasteiger partial charge in [0.2, 0.25) is 0 Å². The zero-order chi connectivity index (χ0) is 16.0. The highest BCUT2D eigenvalue weighted by Gasteiger charge is 2.35. The fraction of sp³-hybridized carbons (Fsp3) is 0.529. The van der Waals surface area contributed by atoms with Crippen molar-refractivity contribution >= 4 is 42.8 Å². The molecule has 0 aliphatic heterocycles. The number of nitrogens with one attached hydrogen (secondary N) is 1. The van der Waals surface area contributed by atoms with Crippen LogP contribution in [0.15, 0.2) is 25.9 Å². The summed E-state index contributed by atoms with van der Waals surface area (Å²) in [6, 6.07) is 5.11. The fourth-order valence-electron chi connectivity index (χ4n) is 3.66. The number of nitrogens with zero attached hydrogens (tertiary/aromatic N) is 2. The average molecular weight is 441 g/mol. The number of rotatable bonds is 4. The number of aromatic amines is 1. The third-order valence-corrected chi connectivity index (χ3v) is 5.98. The maximum absolute atomic E-state index is 12.4. The zero-order valence-electron chi connectivity index (χ0n) is 12.8. The lowest BCUT2D eigenvalue weighted by molar-refractivity contribution is 0.175. The molecule has 0 spiro atoms. The molecular weight excluding hydrogens is 422 g/mol. The van der Waals surface area contributed by atoms with E-state index in [0.717, 1.165) is 26.8 Å². The molecule has 2 fully saturated rings. The largest absolute Gasteiger partial charge is 0.309 e. The number of aromatic nitrogens is 2. The molecule has 0 atom stereocenters. The highest BCUT2D eigenvalue weighted by atomic mass is 79.9. The van der Waals surface area contributed by atoms with Gasteiger partial charge in [-0.15, -0.1) is 0 Å². The van der Waals surface area contributed by atoms with Crippen LogP contribution in [-0.4, -0.2) is 27.0 Å². The highest BCUT2D eigenvalue weighted by Crippen LogP contribution is 2.35. The van der Waals surface area contributed by atoms with E-state index in [1.807, 2.05) is 12.1 Å². The Bertz CT molecular complexity index is 794. The van der Waals surface area contributed by atoms with E-state index in [9.17, 15) is 4.79 Å². The van der Waals surface area contributed by atoms with Gasteiger partial charge in [0, 0.05) is 21.0 Å². The Morgan fingerprint density at radius 1 is 1.13 bits per heavy atom. The molecule has 0 radical (unpaired) electrons. The second kappa shape index (κ2) is 6.30. The molecule has 0 amide bonds. The first kappa shape index (κ1) is 15.8. The second-order valence-corrected chi connectivity index (χ2v) is 8.41. The third-order valence-electron chi connectivity index (χ3n) is 4.92. The third kappa shape index (κ3) is 3.26. The number of hydrogen-bond donors (Lipinski definition) is 1. The number of benzene rings is 1. The van der Waals surface area contributed by atoms with E-state index in [1.165, 1.54) is 38.5 Å². The predicted octanol–water partition coefficient (Wildman–Crippen LogP) is 4.36. The average Bonchev–Trinajstić information content (AvgIpc) is 3.20. The molecule has 1 heterocycles. The molecule has 0 bridgehead atoms. The molecule has 2 aromatic rings. The lowest BCUT2D eigenvalue weighted by atomic mass is 10.2. The lowest BCUT2D eigenvalue weighted by Gasteiger charge is -2.28. The molecule has 4 nitrogen and oxygen atoms in total. The first-order valence-electron chi connectivity index (χ1n) is 8.25. The summed E-state index contributed by atoms with van der Waals surface area (Å²) in [5.41, 5.74) is 0.684. The molecule has 1 aromatic carbocycles. The van der Waals surface area contributed by atoms with Crippen LogP contribution in [0.5, 0.6) is 0 Å². The van der Waals surface area contributed by atoms with Crippen LogP contribution >= 0.6 is 31.9 Å². The van der Waals surface area contributed by atoms with Crippen molar-refractivity contribution in [1.82, 2.24) is 14.9 Å². The van der Waals surface area contributed by atoms with E-state index in [4.69, 9.17) is 4.98 Å². The number of H-pyrrole nitrogens is 1. The molecule has 0 saturated heterocycles. The van der Waals surface area contributed by atoms with Crippen molar-refractivity contribution in [2.45, 2.75) is 57.2 Å². The lowest BCUT2D eigenvalue weighted by Crippen LogP contribution is -2.35. The minimum atomic E-state index is -0.0610. The number of hydrogen-bond acceptors (Lipinski definition) is 3. The Kier molecular flexibility index (Phi) is 4.32. The van der Waals surface area contributed by atoms with Crippen molar-refractivity contribution in [2.24, 2.45) is 0 Å². The van der Waals surface area contributed by atoms with Gasteiger partial charge in [-0.05, 0) is 53.7 Å². The molecule has 6 heteroatoms. The molecular formula is C17H19Br2N3O. The topological polar surface area (TPSA) is 49.0 Å². The SMILES string of the molecule is O=c1[nH]c(CN(C2CCCC2)C2CC2)nc2c(Br)cc(Br)cc12. The van der Waals surface area contributed by atoms with Gasteiger partial charge in [-0.25, -0.2) is 4.98 Å². The van der Waals surface area contributed by atoms with Gasteiger partial charge in [-0.3, -0.25) is 9.69 Å².